The topological polar surface area (TPSA) is 25.0 Å². The molecule has 1 aromatic heterocycles. The van der Waals surface area contributed by atoms with Crippen LogP contribution in [-0.2, 0) is 4.74 Å². The van der Waals surface area contributed by atoms with Gasteiger partial charge in [-0.15, -0.1) is 0 Å². The van der Waals surface area contributed by atoms with E-state index in [0.717, 1.165) is 16.5 Å². The van der Waals surface area contributed by atoms with Crippen LogP contribution in [0.5, 0.6) is 0 Å². The maximum absolute atomic E-state index is 13.8. The smallest absolute Gasteiger partial charge is 0.129 e. The summed E-state index contributed by atoms with van der Waals surface area (Å²) in [6.07, 6.45) is 1.18. The third-order valence-electron chi connectivity index (χ3n) is 2.53. The Morgan fingerprint density at radius 3 is 3.00 bits per heavy atom. The van der Waals surface area contributed by atoms with Crippen molar-refractivity contribution in [2.75, 3.05) is 13.7 Å². The van der Waals surface area contributed by atoms with E-state index in [1.165, 1.54) is 0 Å². The minimum absolute atomic E-state index is 0.401. The third-order valence-corrected chi connectivity index (χ3v) is 2.53. The summed E-state index contributed by atoms with van der Waals surface area (Å²) in [5.41, 5.74) is 1.70. The van der Waals surface area contributed by atoms with Crippen LogP contribution in [0, 0.1) is 0 Å². The molecule has 1 aromatic carbocycles. The molecule has 2 aromatic rings. The Balaban J connectivity index is 2.27. The van der Waals surface area contributed by atoms with E-state index in [1.807, 2.05) is 24.3 Å². The number of aromatic nitrogens is 1. The molecule has 0 aliphatic carbocycles. The molecule has 0 bridgehead atoms. The van der Waals surface area contributed by atoms with Crippen molar-refractivity contribution in [1.29, 1.82) is 0 Å². The number of aromatic amines is 1. The first-order valence-electron chi connectivity index (χ1n) is 5.02. The minimum Gasteiger partial charge on any atom is -0.385 e. The number of alkyl halides is 1. The molecule has 2 rings (SSSR count). The molecule has 0 saturated carbocycles. The zero-order chi connectivity index (χ0) is 10.7. The summed E-state index contributed by atoms with van der Waals surface area (Å²) in [5.74, 6) is 0. The fraction of sp³-hybridized carbons (Fsp3) is 0.333. The van der Waals surface area contributed by atoms with E-state index in [9.17, 15) is 4.39 Å². The van der Waals surface area contributed by atoms with Crippen LogP contribution in [0.15, 0.2) is 30.5 Å². The monoisotopic (exact) mass is 207 g/mol. The van der Waals surface area contributed by atoms with Crippen molar-refractivity contribution in [2.24, 2.45) is 0 Å². The van der Waals surface area contributed by atoms with Crippen LogP contribution in [0.1, 0.15) is 18.2 Å². The first-order valence-corrected chi connectivity index (χ1v) is 5.02. The molecule has 0 saturated heterocycles. The number of H-pyrrole nitrogens is 1. The summed E-state index contributed by atoms with van der Waals surface area (Å²) in [7, 11) is 1.59. The van der Waals surface area contributed by atoms with Gasteiger partial charge in [-0.1, -0.05) is 18.2 Å². The molecule has 0 radical (unpaired) electrons. The van der Waals surface area contributed by atoms with E-state index in [0.29, 0.717) is 13.0 Å². The van der Waals surface area contributed by atoms with Crippen LogP contribution in [0.3, 0.4) is 0 Å². The molecule has 1 unspecified atom stereocenters. The van der Waals surface area contributed by atoms with Gasteiger partial charge in [0.25, 0.3) is 0 Å². The molecule has 0 spiro atoms. The molecular formula is C12H14FNO. The first kappa shape index (κ1) is 10.2. The van der Waals surface area contributed by atoms with Gasteiger partial charge in [-0.2, -0.15) is 0 Å². The second-order valence-electron chi connectivity index (χ2n) is 3.54. The Labute approximate surface area is 88.1 Å². The van der Waals surface area contributed by atoms with Crippen LogP contribution in [0.4, 0.5) is 4.39 Å². The minimum atomic E-state index is -0.957. The average Bonchev–Trinajstić information content (AvgIpc) is 2.69. The van der Waals surface area contributed by atoms with E-state index >= 15 is 0 Å². The number of nitrogens with one attached hydrogen (secondary N) is 1. The molecular weight excluding hydrogens is 193 g/mol. The van der Waals surface area contributed by atoms with Crippen molar-refractivity contribution in [1.82, 2.24) is 4.98 Å². The second kappa shape index (κ2) is 4.45. The Morgan fingerprint density at radius 1 is 1.40 bits per heavy atom. The van der Waals surface area contributed by atoms with Gasteiger partial charge in [-0.05, 0) is 6.07 Å². The number of benzene rings is 1. The predicted molar refractivity (Wildman–Crippen MR) is 58.6 cm³/mol. The third kappa shape index (κ3) is 2.02. The largest absolute Gasteiger partial charge is 0.385 e. The van der Waals surface area contributed by atoms with E-state index in [-0.39, 0.29) is 0 Å². The zero-order valence-corrected chi connectivity index (χ0v) is 8.66. The number of halogens is 1. The molecule has 0 aliphatic rings. The van der Waals surface area contributed by atoms with Crippen LogP contribution in [0.2, 0.25) is 0 Å². The van der Waals surface area contributed by atoms with Crippen molar-refractivity contribution in [3.05, 3.63) is 36.0 Å². The van der Waals surface area contributed by atoms with Gasteiger partial charge in [0.1, 0.15) is 6.17 Å². The average molecular weight is 207 g/mol. The van der Waals surface area contributed by atoms with E-state index in [2.05, 4.69) is 4.98 Å². The second-order valence-corrected chi connectivity index (χ2v) is 3.54. The molecule has 1 heterocycles. The number of fused-ring (bicyclic) bond motifs is 1. The number of methoxy groups -OCH3 is 1. The SMILES string of the molecule is COCCC(F)c1c[nH]c2ccccc12. The maximum Gasteiger partial charge on any atom is 0.129 e. The zero-order valence-electron chi connectivity index (χ0n) is 8.66. The summed E-state index contributed by atoms with van der Waals surface area (Å²) >= 11 is 0. The molecule has 1 N–H and O–H groups in total. The van der Waals surface area contributed by atoms with Crippen LogP contribution >= 0.6 is 0 Å². The normalized spacial score (nSPS) is 13.2. The summed E-state index contributed by atoms with van der Waals surface area (Å²) in [6, 6.07) is 7.73. The fourth-order valence-corrected chi connectivity index (χ4v) is 1.73. The number of ether oxygens (including phenoxy) is 1. The van der Waals surface area contributed by atoms with Crippen molar-refractivity contribution in [3.63, 3.8) is 0 Å². The van der Waals surface area contributed by atoms with Crippen molar-refractivity contribution < 1.29 is 9.13 Å². The van der Waals surface area contributed by atoms with Gasteiger partial charge in [-0.25, -0.2) is 4.39 Å². The summed E-state index contributed by atoms with van der Waals surface area (Å²) < 4.78 is 18.7. The van der Waals surface area contributed by atoms with Gasteiger partial charge in [0.05, 0.1) is 0 Å². The van der Waals surface area contributed by atoms with Crippen molar-refractivity contribution in [2.45, 2.75) is 12.6 Å². The van der Waals surface area contributed by atoms with E-state index < -0.39 is 6.17 Å². The van der Waals surface area contributed by atoms with Gasteiger partial charge in [-0.3, -0.25) is 0 Å². The molecule has 0 aliphatic heterocycles. The van der Waals surface area contributed by atoms with E-state index in [1.54, 1.807) is 13.3 Å². The highest BCUT2D eigenvalue weighted by atomic mass is 19.1. The predicted octanol–water partition coefficient (Wildman–Crippen LogP) is 3.22. The van der Waals surface area contributed by atoms with Gasteiger partial charge in [0.15, 0.2) is 0 Å². The lowest BCUT2D eigenvalue weighted by molar-refractivity contribution is 0.162. The van der Waals surface area contributed by atoms with Gasteiger partial charge in [0, 0.05) is 42.8 Å². The Bertz CT molecular complexity index is 438. The Hall–Kier alpha value is -1.35. The van der Waals surface area contributed by atoms with Crippen LogP contribution in [-0.4, -0.2) is 18.7 Å². The lowest BCUT2D eigenvalue weighted by Crippen LogP contribution is -1.96. The quantitative estimate of drug-likeness (QED) is 0.818. The molecule has 15 heavy (non-hydrogen) atoms. The number of para-hydroxylation sites is 1. The van der Waals surface area contributed by atoms with Gasteiger partial charge >= 0.3 is 0 Å². The number of hydrogen-bond acceptors (Lipinski definition) is 1. The molecule has 0 fully saturated rings. The lowest BCUT2D eigenvalue weighted by atomic mass is 10.1. The lowest BCUT2D eigenvalue weighted by Gasteiger charge is -2.05. The molecule has 80 valence electrons. The van der Waals surface area contributed by atoms with Crippen LogP contribution in [0.25, 0.3) is 10.9 Å². The fourth-order valence-electron chi connectivity index (χ4n) is 1.73. The highest BCUT2D eigenvalue weighted by Crippen LogP contribution is 2.28. The molecule has 1 atom stereocenters. The highest BCUT2D eigenvalue weighted by molar-refractivity contribution is 5.83. The van der Waals surface area contributed by atoms with Crippen LogP contribution < -0.4 is 0 Å². The number of hydrogen-bond donors (Lipinski definition) is 1. The number of rotatable bonds is 4. The van der Waals surface area contributed by atoms with Crippen molar-refractivity contribution >= 4 is 10.9 Å². The molecule has 3 heteroatoms. The Kier molecular flexibility index (Phi) is 3.02. The van der Waals surface area contributed by atoms with E-state index in [4.69, 9.17) is 4.74 Å². The van der Waals surface area contributed by atoms with Gasteiger partial charge < -0.3 is 9.72 Å². The molecule has 2 nitrogen and oxygen atoms in total. The molecule has 0 amide bonds. The Morgan fingerprint density at radius 2 is 2.20 bits per heavy atom. The summed E-state index contributed by atoms with van der Waals surface area (Å²) in [6.45, 7) is 0.445. The highest BCUT2D eigenvalue weighted by Gasteiger charge is 2.13. The standard InChI is InChI=1S/C12H14FNO/c1-15-7-6-11(13)10-8-14-12-5-3-2-4-9(10)12/h2-5,8,11,14H,6-7H2,1H3. The van der Waals surface area contributed by atoms with Gasteiger partial charge in [0.2, 0.25) is 0 Å². The first-order chi connectivity index (χ1) is 7.33. The summed E-state index contributed by atoms with van der Waals surface area (Å²) in [4.78, 5) is 3.06. The van der Waals surface area contributed by atoms with Crippen molar-refractivity contribution in [3.8, 4) is 0 Å². The maximum atomic E-state index is 13.8. The summed E-state index contributed by atoms with van der Waals surface area (Å²) in [5, 5.41) is 0.959.